The summed E-state index contributed by atoms with van der Waals surface area (Å²) in [5.74, 6) is 1.42. The van der Waals surface area contributed by atoms with Crippen LogP contribution in [0.25, 0.3) is 0 Å². The maximum absolute atomic E-state index is 5.61. The predicted octanol–water partition coefficient (Wildman–Crippen LogP) is -0.0718. The molecule has 0 radical (unpaired) electrons. The van der Waals surface area contributed by atoms with Crippen molar-refractivity contribution < 1.29 is 4.74 Å². The Labute approximate surface area is 95.8 Å². The molecule has 6 heteroatoms. The highest BCUT2D eigenvalue weighted by Gasteiger charge is 2.07. The summed E-state index contributed by atoms with van der Waals surface area (Å²) in [5.41, 5.74) is 5.61. The number of hydrogen-bond acceptors (Lipinski definition) is 6. The Morgan fingerprint density at radius 1 is 1.56 bits per heavy atom. The first-order valence-electron chi connectivity index (χ1n) is 5.13. The van der Waals surface area contributed by atoms with Crippen molar-refractivity contribution >= 4 is 11.8 Å². The number of methoxy groups -OCH3 is 1. The zero-order valence-electron chi connectivity index (χ0n) is 9.97. The molecule has 1 rings (SSSR count). The number of ether oxygens (including phenoxy) is 1. The molecule has 0 aliphatic rings. The topological polar surface area (TPSA) is 76.3 Å². The van der Waals surface area contributed by atoms with Gasteiger partial charge in [-0.15, -0.1) is 0 Å². The molecule has 0 spiro atoms. The van der Waals surface area contributed by atoms with Gasteiger partial charge in [0.2, 0.25) is 5.95 Å². The Morgan fingerprint density at radius 3 is 2.88 bits per heavy atom. The number of anilines is 2. The second-order valence-electron chi connectivity index (χ2n) is 3.67. The molecule has 1 aromatic heterocycles. The van der Waals surface area contributed by atoms with Crippen LogP contribution < -0.4 is 16.0 Å². The largest absolute Gasteiger partial charge is 0.383 e. The highest BCUT2D eigenvalue weighted by molar-refractivity contribution is 5.41. The first-order chi connectivity index (χ1) is 7.67. The van der Waals surface area contributed by atoms with Gasteiger partial charge >= 0.3 is 0 Å². The molecule has 0 amide bonds. The van der Waals surface area contributed by atoms with E-state index in [1.54, 1.807) is 13.3 Å². The minimum Gasteiger partial charge on any atom is -0.383 e. The number of nitrogens with two attached hydrogens (primary N) is 1. The molecule has 0 saturated heterocycles. The van der Waals surface area contributed by atoms with Gasteiger partial charge in [-0.1, -0.05) is 0 Å². The normalized spacial score (nSPS) is 12.2. The van der Waals surface area contributed by atoms with E-state index in [1.165, 1.54) is 0 Å². The molecule has 0 fully saturated rings. The summed E-state index contributed by atoms with van der Waals surface area (Å²) in [7, 11) is 5.44. The lowest BCUT2D eigenvalue weighted by atomic mass is 10.3. The van der Waals surface area contributed by atoms with E-state index < -0.39 is 0 Å². The maximum Gasteiger partial charge on any atom is 0.226 e. The van der Waals surface area contributed by atoms with Crippen LogP contribution in [0.1, 0.15) is 0 Å². The molecular weight excluding hydrogens is 206 g/mol. The van der Waals surface area contributed by atoms with Gasteiger partial charge in [0.15, 0.2) is 0 Å². The molecule has 0 aromatic carbocycles. The zero-order chi connectivity index (χ0) is 12.0. The SMILES string of the molecule is COCC(CN)Nc1ccnc(N(C)C)n1. The molecular formula is C10H19N5O. The molecule has 0 bridgehead atoms. The van der Waals surface area contributed by atoms with Crippen molar-refractivity contribution in [1.29, 1.82) is 0 Å². The van der Waals surface area contributed by atoms with Crippen LogP contribution in [0.5, 0.6) is 0 Å². The number of hydrogen-bond donors (Lipinski definition) is 2. The molecule has 1 atom stereocenters. The lowest BCUT2D eigenvalue weighted by Gasteiger charge is -2.17. The number of rotatable bonds is 6. The lowest BCUT2D eigenvalue weighted by molar-refractivity contribution is 0.187. The van der Waals surface area contributed by atoms with Gasteiger partial charge in [-0.3, -0.25) is 0 Å². The van der Waals surface area contributed by atoms with Crippen LogP contribution in [-0.2, 0) is 4.74 Å². The summed E-state index contributed by atoms with van der Waals surface area (Å²) in [5, 5.41) is 3.20. The first kappa shape index (κ1) is 12.7. The molecule has 1 aromatic rings. The van der Waals surface area contributed by atoms with Gasteiger partial charge in [-0.05, 0) is 6.07 Å². The molecule has 0 aliphatic heterocycles. The minimum atomic E-state index is 0.0647. The Kier molecular flexibility index (Phi) is 4.94. The fourth-order valence-corrected chi connectivity index (χ4v) is 1.22. The lowest BCUT2D eigenvalue weighted by Crippen LogP contribution is -2.33. The molecule has 0 saturated carbocycles. The van der Waals surface area contributed by atoms with E-state index in [9.17, 15) is 0 Å². The fraction of sp³-hybridized carbons (Fsp3) is 0.600. The van der Waals surface area contributed by atoms with E-state index in [0.717, 1.165) is 5.82 Å². The average Bonchev–Trinajstić information content (AvgIpc) is 2.29. The van der Waals surface area contributed by atoms with Crippen LogP contribution in [-0.4, -0.2) is 50.4 Å². The van der Waals surface area contributed by atoms with Gasteiger partial charge in [0.1, 0.15) is 5.82 Å². The molecule has 3 N–H and O–H groups in total. The van der Waals surface area contributed by atoms with Crippen molar-refractivity contribution in [2.45, 2.75) is 6.04 Å². The Balaban J connectivity index is 2.68. The van der Waals surface area contributed by atoms with Crippen molar-refractivity contribution in [2.75, 3.05) is 44.6 Å². The van der Waals surface area contributed by atoms with Crippen LogP contribution in [0.15, 0.2) is 12.3 Å². The molecule has 16 heavy (non-hydrogen) atoms. The summed E-state index contributed by atoms with van der Waals surface area (Å²) < 4.78 is 5.05. The second-order valence-corrected chi connectivity index (χ2v) is 3.67. The zero-order valence-corrected chi connectivity index (χ0v) is 9.97. The molecule has 1 heterocycles. The Morgan fingerprint density at radius 2 is 2.31 bits per heavy atom. The van der Waals surface area contributed by atoms with Crippen LogP contribution in [0, 0.1) is 0 Å². The highest BCUT2D eigenvalue weighted by Crippen LogP contribution is 2.08. The van der Waals surface area contributed by atoms with E-state index in [-0.39, 0.29) is 6.04 Å². The summed E-state index contributed by atoms with van der Waals surface area (Å²) in [6.07, 6.45) is 1.71. The van der Waals surface area contributed by atoms with Crippen molar-refractivity contribution in [3.05, 3.63) is 12.3 Å². The maximum atomic E-state index is 5.61. The second kappa shape index (κ2) is 6.24. The van der Waals surface area contributed by atoms with Gasteiger partial charge in [0.25, 0.3) is 0 Å². The van der Waals surface area contributed by atoms with Crippen LogP contribution >= 0.6 is 0 Å². The summed E-state index contributed by atoms with van der Waals surface area (Å²) in [6.45, 7) is 1.05. The van der Waals surface area contributed by atoms with E-state index in [1.807, 2.05) is 25.1 Å². The highest BCUT2D eigenvalue weighted by atomic mass is 16.5. The van der Waals surface area contributed by atoms with Gasteiger partial charge in [-0.25, -0.2) is 4.98 Å². The molecule has 6 nitrogen and oxygen atoms in total. The van der Waals surface area contributed by atoms with Gasteiger partial charge in [0, 0.05) is 33.9 Å². The first-order valence-corrected chi connectivity index (χ1v) is 5.13. The van der Waals surface area contributed by atoms with E-state index in [4.69, 9.17) is 10.5 Å². The monoisotopic (exact) mass is 225 g/mol. The fourth-order valence-electron chi connectivity index (χ4n) is 1.22. The van der Waals surface area contributed by atoms with Crippen molar-refractivity contribution in [3.63, 3.8) is 0 Å². The average molecular weight is 225 g/mol. The molecule has 90 valence electrons. The minimum absolute atomic E-state index is 0.0647. The quantitative estimate of drug-likeness (QED) is 0.705. The van der Waals surface area contributed by atoms with Crippen LogP contribution in [0.3, 0.4) is 0 Å². The van der Waals surface area contributed by atoms with Gasteiger partial charge in [-0.2, -0.15) is 4.98 Å². The van der Waals surface area contributed by atoms with Crippen molar-refractivity contribution in [3.8, 4) is 0 Å². The third kappa shape index (κ3) is 3.63. The third-order valence-electron chi connectivity index (χ3n) is 2.05. The Hall–Kier alpha value is -1.40. The summed E-state index contributed by atoms with van der Waals surface area (Å²) >= 11 is 0. The van der Waals surface area contributed by atoms with Gasteiger partial charge < -0.3 is 20.7 Å². The molecule has 0 aliphatic carbocycles. The predicted molar refractivity (Wildman–Crippen MR) is 64.7 cm³/mol. The summed E-state index contributed by atoms with van der Waals surface area (Å²) in [6, 6.07) is 1.88. The summed E-state index contributed by atoms with van der Waals surface area (Å²) in [4.78, 5) is 10.3. The van der Waals surface area contributed by atoms with E-state index >= 15 is 0 Å². The van der Waals surface area contributed by atoms with Crippen LogP contribution in [0.2, 0.25) is 0 Å². The Bertz CT molecular complexity index is 318. The van der Waals surface area contributed by atoms with Crippen molar-refractivity contribution in [1.82, 2.24) is 9.97 Å². The third-order valence-corrected chi connectivity index (χ3v) is 2.05. The van der Waals surface area contributed by atoms with Crippen LogP contribution in [0.4, 0.5) is 11.8 Å². The van der Waals surface area contributed by atoms with Gasteiger partial charge in [0.05, 0.1) is 12.6 Å². The molecule has 1 unspecified atom stereocenters. The standard InChI is InChI=1S/C10H19N5O/c1-15(2)10-12-5-4-9(14-10)13-8(6-11)7-16-3/h4-5,8H,6-7,11H2,1-3H3,(H,12,13,14). The van der Waals surface area contributed by atoms with E-state index in [0.29, 0.717) is 19.1 Å². The number of nitrogens with zero attached hydrogens (tertiary/aromatic N) is 3. The smallest absolute Gasteiger partial charge is 0.226 e. The van der Waals surface area contributed by atoms with Crippen molar-refractivity contribution in [2.24, 2.45) is 5.73 Å². The number of aromatic nitrogens is 2. The van der Waals surface area contributed by atoms with E-state index in [2.05, 4.69) is 15.3 Å². The number of nitrogens with one attached hydrogen (secondary N) is 1.